The van der Waals surface area contributed by atoms with Gasteiger partial charge in [0.15, 0.2) is 0 Å². The Balaban J connectivity index is 1.52. The molecule has 5 fully saturated rings. The molecule has 0 aromatic carbocycles. The summed E-state index contributed by atoms with van der Waals surface area (Å²) in [6.45, 7) is 4.83. The second kappa shape index (κ2) is 5.35. The summed E-state index contributed by atoms with van der Waals surface area (Å²) < 4.78 is 30.5. The Kier molecular flexibility index (Phi) is 3.36. The molecule has 2 bridgehead atoms. The van der Waals surface area contributed by atoms with Gasteiger partial charge in [-0.15, -0.1) is 0 Å². The standard InChI is InChI=1S/C22H28O7/c1-14(23)28-15-10-21(13-27-21)22(7-6-19(29-22)8-9-25-11-19)20-5-3-4-18(2,16(15)20)17(24)26-12-20/h8-9,15-16H,3-7,10-13H2,1-2H3/t15-,16-,18+,19-,20-,21-,22+/m1/s1. The van der Waals surface area contributed by atoms with E-state index in [2.05, 4.69) is 0 Å². The van der Waals surface area contributed by atoms with Crippen molar-refractivity contribution in [1.29, 1.82) is 0 Å². The minimum Gasteiger partial charge on any atom is -0.498 e. The van der Waals surface area contributed by atoms with E-state index < -0.39 is 27.6 Å². The minimum absolute atomic E-state index is 0.134. The fourth-order valence-corrected chi connectivity index (χ4v) is 7.74. The summed E-state index contributed by atoms with van der Waals surface area (Å²) in [5.41, 5.74) is -2.61. The van der Waals surface area contributed by atoms with Gasteiger partial charge in [0.2, 0.25) is 0 Å². The Labute approximate surface area is 170 Å². The Bertz CT molecular complexity index is 818. The molecule has 2 saturated carbocycles. The Hall–Kier alpha value is -1.60. The molecule has 0 radical (unpaired) electrons. The highest BCUT2D eigenvalue weighted by atomic mass is 16.7. The van der Waals surface area contributed by atoms with E-state index in [1.807, 2.05) is 13.0 Å². The van der Waals surface area contributed by atoms with Crippen LogP contribution in [-0.4, -0.2) is 54.7 Å². The van der Waals surface area contributed by atoms with Crippen LogP contribution in [0.3, 0.4) is 0 Å². The van der Waals surface area contributed by atoms with Gasteiger partial charge in [-0.05, 0) is 38.7 Å². The lowest BCUT2D eigenvalue weighted by Gasteiger charge is -2.67. The molecule has 0 aromatic rings. The molecule has 0 aromatic heterocycles. The van der Waals surface area contributed by atoms with E-state index in [0.717, 1.165) is 32.1 Å². The topological polar surface area (TPSA) is 83.6 Å². The van der Waals surface area contributed by atoms with Crippen molar-refractivity contribution < 1.29 is 33.3 Å². The van der Waals surface area contributed by atoms with Crippen LogP contribution in [0.5, 0.6) is 0 Å². The van der Waals surface area contributed by atoms with Crippen molar-refractivity contribution in [3.8, 4) is 0 Å². The molecule has 0 N–H and O–H groups in total. The molecule has 7 atom stereocenters. The highest BCUT2D eigenvalue weighted by molar-refractivity contribution is 5.79. The maximum absolute atomic E-state index is 13.0. The normalized spacial score (nSPS) is 54.3. The number of esters is 2. The quantitative estimate of drug-likeness (QED) is 0.490. The maximum atomic E-state index is 13.0. The lowest BCUT2D eigenvalue weighted by Crippen LogP contribution is -2.76. The van der Waals surface area contributed by atoms with Crippen LogP contribution < -0.4 is 0 Å². The van der Waals surface area contributed by atoms with Crippen molar-refractivity contribution in [2.24, 2.45) is 16.7 Å². The first-order chi connectivity index (χ1) is 13.8. The number of epoxide rings is 1. The lowest BCUT2D eigenvalue weighted by atomic mass is 9.41. The molecular weight excluding hydrogens is 376 g/mol. The summed E-state index contributed by atoms with van der Waals surface area (Å²) in [6, 6.07) is 0. The average molecular weight is 404 g/mol. The SMILES string of the molecule is CC(=O)O[C@@H]1C[C@@]2(CO2)[C@]2(CC[C@]3(C=COC3)O2)[C@]23CCC[C@](C)(C(=O)OC2)[C@@H]13. The van der Waals surface area contributed by atoms with Crippen LogP contribution in [-0.2, 0) is 33.3 Å². The fourth-order valence-electron chi connectivity index (χ4n) is 7.74. The van der Waals surface area contributed by atoms with Gasteiger partial charge in [0.05, 0.1) is 18.3 Å². The molecular formula is C22H28O7. The first kappa shape index (κ1) is 18.2. The van der Waals surface area contributed by atoms with E-state index in [0.29, 0.717) is 26.2 Å². The molecule has 7 heteroatoms. The monoisotopic (exact) mass is 404 g/mol. The molecule has 6 rings (SSSR count). The predicted octanol–water partition coefficient (Wildman–Crippen LogP) is 2.27. The van der Waals surface area contributed by atoms with Crippen molar-refractivity contribution in [2.45, 2.75) is 75.3 Å². The number of carbonyl (C=O) groups is 2. The van der Waals surface area contributed by atoms with Crippen molar-refractivity contribution in [1.82, 2.24) is 0 Å². The van der Waals surface area contributed by atoms with E-state index in [-0.39, 0.29) is 24.0 Å². The van der Waals surface area contributed by atoms with Crippen LogP contribution in [0.1, 0.15) is 52.4 Å². The fraction of sp³-hybridized carbons (Fsp3) is 0.818. The van der Waals surface area contributed by atoms with Crippen LogP contribution in [0.15, 0.2) is 12.3 Å². The summed E-state index contributed by atoms with van der Waals surface area (Å²) in [5.74, 6) is -0.617. The first-order valence-corrected chi connectivity index (χ1v) is 10.8. The van der Waals surface area contributed by atoms with Gasteiger partial charge >= 0.3 is 11.9 Å². The van der Waals surface area contributed by atoms with E-state index >= 15 is 0 Å². The smallest absolute Gasteiger partial charge is 0.312 e. The van der Waals surface area contributed by atoms with Crippen molar-refractivity contribution >= 4 is 11.9 Å². The van der Waals surface area contributed by atoms with E-state index in [9.17, 15) is 9.59 Å². The molecule has 7 nitrogen and oxygen atoms in total. The van der Waals surface area contributed by atoms with Gasteiger partial charge in [0, 0.05) is 24.7 Å². The molecule has 3 spiro atoms. The largest absolute Gasteiger partial charge is 0.498 e. The summed E-state index contributed by atoms with van der Waals surface area (Å²) in [6.07, 6.45) is 8.19. The van der Waals surface area contributed by atoms with Crippen molar-refractivity contribution in [3.63, 3.8) is 0 Å². The molecule has 0 unspecified atom stereocenters. The number of hydrogen-bond donors (Lipinski definition) is 0. The number of cyclic esters (lactones) is 1. The third-order valence-electron chi connectivity index (χ3n) is 8.85. The molecule has 158 valence electrons. The number of carbonyl (C=O) groups excluding carboxylic acids is 2. The molecule has 0 amide bonds. The Morgan fingerprint density at radius 2 is 2.00 bits per heavy atom. The molecule has 6 aliphatic rings. The van der Waals surface area contributed by atoms with Gasteiger partial charge in [-0.3, -0.25) is 9.59 Å². The minimum atomic E-state index is -0.679. The molecule has 29 heavy (non-hydrogen) atoms. The van der Waals surface area contributed by atoms with E-state index in [1.165, 1.54) is 6.92 Å². The first-order valence-electron chi connectivity index (χ1n) is 10.8. The summed E-state index contributed by atoms with van der Waals surface area (Å²) in [4.78, 5) is 25.0. The molecule has 4 aliphatic heterocycles. The highest BCUT2D eigenvalue weighted by Gasteiger charge is 2.84. The second-order valence-corrected chi connectivity index (χ2v) is 10.2. The third-order valence-corrected chi connectivity index (χ3v) is 8.85. The summed E-state index contributed by atoms with van der Waals surface area (Å²) in [5, 5.41) is 0. The zero-order chi connectivity index (χ0) is 20.1. The van der Waals surface area contributed by atoms with Crippen LogP contribution in [0, 0.1) is 16.7 Å². The Morgan fingerprint density at radius 3 is 2.69 bits per heavy atom. The van der Waals surface area contributed by atoms with E-state index in [4.69, 9.17) is 23.7 Å². The van der Waals surface area contributed by atoms with Crippen LogP contribution in [0.25, 0.3) is 0 Å². The van der Waals surface area contributed by atoms with Gasteiger partial charge in [-0.2, -0.15) is 0 Å². The number of rotatable bonds is 1. The summed E-state index contributed by atoms with van der Waals surface area (Å²) >= 11 is 0. The number of fused-ring (bicyclic) bond motifs is 1. The van der Waals surface area contributed by atoms with E-state index in [1.54, 1.807) is 6.26 Å². The van der Waals surface area contributed by atoms with Crippen molar-refractivity contribution in [2.75, 3.05) is 19.8 Å². The predicted molar refractivity (Wildman–Crippen MR) is 98.6 cm³/mol. The Morgan fingerprint density at radius 1 is 1.17 bits per heavy atom. The summed E-state index contributed by atoms with van der Waals surface area (Å²) in [7, 11) is 0. The van der Waals surface area contributed by atoms with Crippen molar-refractivity contribution in [3.05, 3.63) is 12.3 Å². The molecule has 4 heterocycles. The van der Waals surface area contributed by atoms with Crippen LogP contribution >= 0.6 is 0 Å². The lowest BCUT2D eigenvalue weighted by molar-refractivity contribution is -0.308. The van der Waals surface area contributed by atoms with Crippen LogP contribution in [0.2, 0.25) is 0 Å². The van der Waals surface area contributed by atoms with Gasteiger partial charge < -0.3 is 23.7 Å². The van der Waals surface area contributed by atoms with Crippen LogP contribution in [0.4, 0.5) is 0 Å². The number of ether oxygens (including phenoxy) is 5. The van der Waals surface area contributed by atoms with Gasteiger partial charge in [-0.25, -0.2) is 0 Å². The molecule has 2 aliphatic carbocycles. The zero-order valence-corrected chi connectivity index (χ0v) is 17.0. The third kappa shape index (κ3) is 2.01. The van der Waals surface area contributed by atoms with Gasteiger partial charge in [-0.1, -0.05) is 6.42 Å². The number of hydrogen-bond acceptors (Lipinski definition) is 7. The highest BCUT2D eigenvalue weighted by Crippen LogP contribution is 2.74. The maximum Gasteiger partial charge on any atom is 0.312 e. The second-order valence-electron chi connectivity index (χ2n) is 10.2. The van der Waals surface area contributed by atoms with Gasteiger partial charge in [0.1, 0.15) is 36.1 Å². The zero-order valence-electron chi connectivity index (χ0n) is 17.0. The average Bonchev–Trinajstić information content (AvgIpc) is 3.13. The molecule has 3 saturated heterocycles. The van der Waals surface area contributed by atoms with Gasteiger partial charge in [0.25, 0.3) is 0 Å².